The van der Waals surface area contributed by atoms with Gasteiger partial charge in [0, 0.05) is 6.42 Å². The van der Waals surface area contributed by atoms with E-state index in [1.54, 1.807) is 0 Å². The predicted molar refractivity (Wildman–Crippen MR) is 59.7 cm³/mol. The fraction of sp³-hybridized carbons (Fsp3) is 0.750. The third-order valence-electron chi connectivity index (χ3n) is 2.44. The minimum atomic E-state index is -0.392. The average molecular weight is 228 g/mol. The molecule has 0 N–H and O–H groups in total. The van der Waals surface area contributed by atoms with Crippen molar-refractivity contribution in [2.24, 2.45) is 0 Å². The molecule has 0 aromatic rings. The van der Waals surface area contributed by atoms with E-state index in [1.165, 1.54) is 13.2 Å². The molecule has 1 aliphatic heterocycles. The molecule has 1 fully saturated rings. The summed E-state index contributed by atoms with van der Waals surface area (Å²) in [6, 6.07) is 0. The van der Waals surface area contributed by atoms with Crippen LogP contribution in [0.25, 0.3) is 0 Å². The second-order valence-electron chi connectivity index (χ2n) is 3.82. The van der Waals surface area contributed by atoms with Crippen LogP contribution in [0.2, 0.25) is 0 Å². The number of hydrogen-bond acceptors (Lipinski definition) is 4. The summed E-state index contributed by atoms with van der Waals surface area (Å²) in [5.41, 5.74) is 0. The molecule has 0 unspecified atom stereocenters. The summed E-state index contributed by atoms with van der Waals surface area (Å²) in [5, 5.41) is 0. The quantitative estimate of drug-likeness (QED) is 0.535. The summed E-state index contributed by atoms with van der Waals surface area (Å²) in [4.78, 5) is 11.1. The summed E-state index contributed by atoms with van der Waals surface area (Å²) in [6.07, 6.45) is 4.77. The average Bonchev–Trinajstić information content (AvgIpc) is 2.62. The molecule has 0 radical (unpaired) electrons. The molecule has 1 saturated heterocycles. The maximum atomic E-state index is 11.1. The van der Waals surface area contributed by atoms with Crippen LogP contribution in [0.3, 0.4) is 0 Å². The monoisotopic (exact) mass is 228 g/mol. The van der Waals surface area contributed by atoms with E-state index in [4.69, 9.17) is 9.47 Å². The molecule has 0 aromatic carbocycles. The normalized spacial score (nSPS) is 26.8. The van der Waals surface area contributed by atoms with Crippen LogP contribution in [0.4, 0.5) is 0 Å². The topological polar surface area (TPSA) is 44.8 Å². The van der Waals surface area contributed by atoms with Crippen LogP contribution in [0.5, 0.6) is 0 Å². The van der Waals surface area contributed by atoms with Crippen molar-refractivity contribution >= 4 is 5.97 Å². The van der Waals surface area contributed by atoms with Crippen LogP contribution in [-0.2, 0) is 19.0 Å². The van der Waals surface area contributed by atoms with Crippen LogP contribution in [0, 0.1) is 0 Å². The molecule has 0 aliphatic carbocycles. The highest BCUT2D eigenvalue weighted by molar-refractivity contribution is 5.82. The van der Waals surface area contributed by atoms with Gasteiger partial charge in [-0.05, 0) is 6.42 Å². The molecular formula is C12H20O4. The maximum Gasteiger partial charge on any atom is 0.333 e. The number of methoxy groups -OCH3 is 1. The highest BCUT2D eigenvalue weighted by Gasteiger charge is 2.31. The SMILES string of the molecule is CCC[C@H]1O/C(=C/C(=O)OC)[C@@H](CCC)O1. The van der Waals surface area contributed by atoms with Crippen LogP contribution < -0.4 is 0 Å². The van der Waals surface area contributed by atoms with Crippen molar-refractivity contribution in [1.29, 1.82) is 0 Å². The van der Waals surface area contributed by atoms with Gasteiger partial charge >= 0.3 is 5.97 Å². The molecule has 0 bridgehead atoms. The molecule has 0 spiro atoms. The largest absolute Gasteiger partial charge is 0.466 e. The van der Waals surface area contributed by atoms with Gasteiger partial charge in [-0.25, -0.2) is 4.79 Å². The van der Waals surface area contributed by atoms with Gasteiger partial charge in [-0.1, -0.05) is 26.7 Å². The molecular weight excluding hydrogens is 208 g/mol. The molecule has 0 amide bonds. The van der Waals surface area contributed by atoms with E-state index in [0.29, 0.717) is 5.76 Å². The zero-order valence-electron chi connectivity index (χ0n) is 10.2. The lowest BCUT2D eigenvalue weighted by atomic mass is 10.2. The Balaban J connectivity index is 2.65. The lowest BCUT2D eigenvalue weighted by molar-refractivity contribution is -0.135. The van der Waals surface area contributed by atoms with Crippen molar-refractivity contribution in [3.63, 3.8) is 0 Å². The van der Waals surface area contributed by atoms with Crippen LogP contribution in [-0.4, -0.2) is 25.5 Å². The Morgan fingerprint density at radius 3 is 2.62 bits per heavy atom. The van der Waals surface area contributed by atoms with Crippen molar-refractivity contribution in [2.75, 3.05) is 7.11 Å². The van der Waals surface area contributed by atoms with Gasteiger partial charge in [-0.3, -0.25) is 0 Å². The van der Waals surface area contributed by atoms with Gasteiger partial charge in [-0.15, -0.1) is 0 Å². The molecule has 2 atom stereocenters. The molecule has 16 heavy (non-hydrogen) atoms. The van der Waals surface area contributed by atoms with E-state index >= 15 is 0 Å². The highest BCUT2D eigenvalue weighted by atomic mass is 16.7. The van der Waals surface area contributed by atoms with Crippen molar-refractivity contribution in [3.8, 4) is 0 Å². The Bertz CT molecular complexity index is 260. The van der Waals surface area contributed by atoms with Gasteiger partial charge in [0.15, 0.2) is 6.29 Å². The molecule has 4 heteroatoms. The Labute approximate surface area is 96.6 Å². The van der Waals surface area contributed by atoms with Crippen molar-refractivity contribution in [1.82, 2.24) is 0 Å². The van der Waals surface area contributed by atoms with Crippen LogP contribution in [0.15, 0.2) is 11.8 Å². The van der Waals surface area contributed by atoms with Gasteiger partial charge in [0.05, 0.1) is 13.2 Å². The third kappa shape index (κ3) is 3.52. The molecule has 92 valence electrons. The zero-order chi connectivity index (χ0) is 12.0. The predicted octanol–water partition coefficient (Wildman–Crippen LogP) is 2.39. The van der Waals surface area contributed by atoms with Gasteiger partial charge in [0.25, 0.3) is 0 Å². The number of carbonyl (C=O) groups excluding carboxylic acids is 1. The Morgan fingerprint density at radius 1 is 1.38 bits per heavy atom. The van der Waals surface area contributed by atoms with E-state index in [-0.39, 0.29) is 12.4 Å². The fourth-order valence-electron chi connectivity index (χ4n) is 1.64. The summed E-state index contributed by atoms with van der Waals surface area (Å²) < 4.78 is 15.9. The Hall–Kier alpha value is -1.03. The second-order valence-corrected chi connectivity index (χ2v) is 3.82. The minimum absolute atomic E-state index is 0.0966. The smallest absolute Gasteiger partial charge is 0.333 e. The highest BCUT2D eigenvalue weighted by Crippen LogP contribution is 2.28. The van der Waals surface area contributed by atoms with Crippen molar-refractivity contribution in [3.05, 3.63) is 11.8 Å². The standard InChI is InChI=1S/C12H20O4/c1-4-6-9-10(8-11(13)14-3)16-12(15-9)7-5-2/h8-9,12H,4-7H2,1-3H3/b10-8+/t9-,12-/m1/s1. The van der Waals surface area contributed by atoms with Gasteiger partial charge in [0.2, 0.25) is 0 Å². The van der Waals surface area contributed by atoms with E-state index in [9.17, 15) is 4.79 Å². The molecule has 1 aliphatic rings. The summed E-state index contributed by atoms with van der Waals surface area (Å²) >= 11 is 0. The van der Waals surface area contributed by atoms with E-state index in [1.807, 2.05) is 0 Å². The number of esters is 1. The molecule has 1 rings (SSSR count). The minimum Gasteiger partial charge on any atom is -0.466 e. The lowest BCUT2D eigenvalue weighted by Crippen LogP contribution is -2.11. The van der Waals surface area contributed by atoms with Crippen LogP contribution >= 0.6 is 0 Å². The molecule has 4 nitrogen and oxygen atoms in total. The number of hydrogen-bond donors (Lipinski definition) is 0. The summed E-state index contributed by atoms with van der Waals surface area (Å²) in [7, 11) is 1.35. The van der Waals surface area contributed by atoms with E-state index < -0.39 is 5.97 Å². The molecule has 0 aromatic heterocycles. The third-order valence-corrected chi connectivity index (χ3v) is 2.44. The second kappa shape index (κ2) is 6.53. The first kappa shape index (κ1) is 13.0. The van der Waals surface area contributed by atoms with Gasteiger partial charge in [0.1, 0.15) is 11.9 Å². The van der Waals surface area contributed by atoms with Gasteiger partial charge in [-0.2, -0.15) is 0 Å². The van der Waals surface area contributed by atoms with Crippen molar-refractivity contribution in [2.45, 2.75) is 51.9 Å². The summed E-state index contributed by atoms with van der Waals surface area (Å²) in [5.74, 6) is 0.212. The van der Waals surface area contributed by atoms with E-state index in [2.05, 4.69) is 18.6 Å². The lowest BCUT2D eigenvalue weighted by Gasteiger charge is -2.07. The van der Waals surface area contributed by atoms with E-state index in [0.717, 1.165) is 25.7 Å². The number of ether oxygens (including phenoxy) is 3. The number of rotatable bonds is 5. The first-order valence-corrected chi connectivity index (χ1v) is 5.82. The first-order valence-electron chi connectivity index (χ1n) is 5.82. The fourth-order valence-corrected chi connectivity index (χ4v) is 1.64. The summed E-state index contributed by atoms with van der Waals surface area (Å²) in [6.45, 7) is 4.15. The molecule has 0 saturated carbocycles. The Kier molecular flexibility index (Phi) is 5.32. The molecule has 1 heterocycles. The van der Waals surface area contributed by atoms with Gasteiger partial charge < -0.3 is 14.2 Å². The first-order chi connectivity index (χ1) is 7.71. The van der Waals surface area contributed by atoms with Crippen molar-refractivity contribution < 1.29 is 19.0 Å². The van der Waals surface area contributed by atoms with Crippen LogP contribution in [0.1, 0.15) is 39.5 Å². The maximum absolute atomic E-state index is 11.1. The number of carbonyl (C=O) groups is 1. The zero-order valence-corrected chi connectivity index (χ0v) is 10.2. The Morgan fingerprint density at radius 2 is 2.06 bits per heavy atom.